The summed E-state index contributed by atoms with van der Waals surface area (Å²) in [6.07, 6.45) is 0. The molecule has 0 atom stereocenters. The Morgan fingerprint density at radius 3 is 2.56 bits per heavy atom. The van der Waals surface area contributed by atoms with Crippen molar-refractivity contribution < 1.29 is 0 Å². The molecule has 0 radical (unpaired) electrons. The lowest BCUT2D eigenvalue weighted by molar-refractivity contribution is 0.421. The first-order valence-corrected chi connectivity index (χ1v) is 2.92. The Hall–Kier alpha value is -0.660. The molecule has 0 saturated carbocycles. The average molecular weight is 127 g/mol. The zero-order valence-corrected chi connectivity index (χ0v) is 6.26. The fourth-order valence-corrected chi connectivity index (χ4v) is 0.371. The summed E-state index contributed by atoms with van der Waals surface area (Å²) in [6.45, 7) is 1.74. The number of likely N-dealkylation sites (N-methyl/N-ethyl adjacent to an activating group) is 1. The highest BCUT2D eigenvalue weighted by Crippen LogP contribution is 1.72. The van der Waals surface area contributed by atoms with E-state index in [2.05, 4.69) is 20.9 Å². The molecule has 0 heterocycles. The molecule has 0 aliphatic carbocycles. The topological polar surface area (TPSA) is 28.0 Å². The average Bonchev–Trinajstić information content (AvgIpc) is 1.80. The van der Waals surface area contributed by atoms with Gasteiger partial charge in [0.15, 0.2) is 0 Å². The Morgan fingerprint density at radius 2 is 2.11 bits per heavy atom. The van der Waals surface area contributed by atoms with E-state index < -0.39 is 0 Å². The number of hydrogen-bond donors (Lipinski definition) is 0. The quantitative estimate of drug-likeness (QED) is 0.503. The number of hydrogen-bond acceptors (Lipinski definition) is 3. The molecule has 0 saturated heterocycles. The highest BCUT2D eigenvalue weighted by molar-refractivity contribution is 5.40. The Labute approximate surface area is 56.1 Å². The Bertz CT molecular complexity index is 111. The van der Waals surface area contributed by atoms with E-state index in [4.69, 9.17) is 0 Å². The first-order valence-electron chi connectivity index (χ1n) is 2.92. The van der Waals surface area contributed by atoms with Crippen LogP contribution in [-0.2, 0) is 0 Å². The number of nitrogens with zero attached hydrogens (tertiary/aromatic N) is 3. The van der Waals surface area contributed by atoms with Crippen molar-refractivity contribution in [2.24, 2.45) is 9.98 Å². The predicted octanol–water partition coefficient (Wildman–Crippen LogP) is 0.352. The van der Waals surface area contributed by atoms with Gasteiger partial charge in [0.25, 0.3) is 0 Å². The van der Waals surface area contributed by atoms with Gasteiger partial charge in [0.1, 0.15) is 0 Å². The summed E-state index contributed by atoms with van der Waals surface area (Å²) in [5, 5.41) is 0. The maximum absolute atomic E-state index is 3.87. The molecule has 0 rings (SSSR count). The predicted molar refractivity (Wildman–Crippen MR) is 39.2 cm³/mol. The standard InChI is InChI=1S/C6H13N3/c1-7-6-8-4-5-9(2)3/h4-5H2,1-3H3. The molecule has 0 aliphatic heterocycles. The molecule has 0 spiro atoms. The monoisotopic (exact) mass is 127 g/mol. The summed E-state index contributed by atoms with van der Waals surface area (Å²) in [4.78, 5) is 9.54. The fourth-order valence-electron chi connectivity index (χ4n) is 0.371. The summed E-state index contributed by atoms with van der Waals surface area (Å²) in [5.74, 6) is 0. The van der Waals surface area contributed by atoms with Crippen LogP contribution in [0.2, 0.25) is 0 Å². The van der Waals surface area contributed by atoms with Gasteiger partial charge in [-0.3, -0.25) is 0 Å². The van der Waals surface area contributed by atoms with Crippen LogP contribution in [0.3, 0.4) is 0 Å². The second-order valence-corrected chi connectivity index (χ2v) is 2.01. The van der Waals surface area contributed by atoms with E-state index in [1.54, 1.807) is 7.05 Å². The van der Waals surface area contributed by atoms with E-state index in [1.807, 2.05) is 14.1 Å². The molecule has 3 nitrogen and oxygen atoms in total. The molecule has 0 aliphatic rings. The third-order valence-electron chi connectivity index (χ3n) is 0.830. The Balaban J connectivity index is 3.20. The smallest absolute Gasteiger partial charge is 0.0890 e. The van der Waals surface area contributed by atoms with Crippen LogP contribution in [0, 0.1) is 0 Å². The zero-order valence-electron chi connectivity index (χ0n) is 6.26. The summed E-state index contributed by atoms with van der Waals surface area (Å²) in [5.41, 5.74) is 0. The van der Waals surface area contributed by atoms with E-state index >= 15 is 0 Å². The Kier molecular flexibility index (Phi) is 5.07. The third-order valence-corrected chi connectivity index (χ3v) is 0.830. The van der Waals surface area contributed by atoms with Gasteiger partial charge in [-0.1, -0.05) is 0 Å². The van der Waals surface area contributed by atoms with Crippen molar-refractivity contribution in [1.29, 1.82) is 0 Å². The first kappa shape index (κ1) is 8.34. The van der Waals surface area contributed by atoms with E-state index in [0.717, 1.165) is 13.1 Å². The van der Waals surface area contributed by atoms with Gasteiger partial charge in [0.2, 0.25) is 0 Å². The SMILES string of the molecule is CN=C=NCCN(C)C. The highest BCUT2D eigenvalue weighted by atomic mass is 15.1. The Morgan fingerprint density at radius 1 is 1.44 bits per heavy atom. The van der Waals surface area contributed by atoms with Crippen molar-refractivity contribution in [2.45, 2.75) is 0 Å². The van der Waals surface area contributed by atoms with Crippen LogP contribution in [-0.4, -0.2) is 45.1 Å². The van der Waals surface area contributed by atoms with Gasteiger partial charge in [-0.05, 0) is 14.1 Å². The molecule has 0 amide bonds. The molecule has 0 aromatic carbocycles. The third kappa shape index (κ3) is 7.34. The normalized spacial score (nSPS) is 8.89. The minimum absolute atomic E-state index is 0.782. The lowest BCUT2D eigenvalue weighted by Gasteiger charge is -2.03. The number of rotatable bonds is 3. The molecule has 0 aromatic rings. The molecular weight excluding hydrogens is 114 g/mol. The van der Waals surface area contributed by atoms with Gasteiger partial charge < -0.3 is 4.90 Å². The maximum atomic E-state index is 3.87. The second kappa shape index (κ2) is 5.48. The minimum atomic E-state index is 0.782. The van der Waals surface area contributed by atoms with E-state index in [0.29, 0.717) is 0 Å². The molecule has 0 fully saturated rings. The van der Waals surface area contributed by atoms with Crippen LogP contribution in [0.5, 0.6) is 0 Å². The molecular formula is C6H13N3. The summed E-state index contributed by atoms with van der Waals surface area (Å²) in [6, 6.07) is 2.53. The molecule has 0 N–H and O–H groups in total. The first-order chi connectivity index (χ1) is 4.27. The van der Waals surface area contributed by atoms with Crippen LogP contribution >= 0.6 is 0 Å². The van der Waals surface area contributed by atoms with Gasteiger partial charge >= 0.3 is 0 Å². The van der Waals surface area contributed by atoms with Gasteiger partial charge in [0, 0.05) is 13.6 Å². The molecule has 3 heteroatoms. The lowest BCUT2D eigenvalue weighted by Crippen LogP contribution is -2.15. The molecule has 0 unspecified atom stereocenters. The molecule has 0 bridgehead atoms. The van der Waals surface area contributed by atoms with Gasteiger partial charge in [-0.2, -0.15) is 0 Å². The van der Waals surface area contributed by atoms with Crippen LogP contribution in [0.1, 0.15) is 0 Å². The van der Waals surface area contributed by atoms with Crippen molar-refractivity contribution in [3.05, 3.63) is 0 Å². The van der Waals surface area contributed by atoms with Gasteiger partial charge in [0.05, 0.1) is 12.6 Å². The molecule has 0 aromatic heterocycles. The minimum Gasteiger partial charge on any atom is -0.308 e. The largest absolute Gasteiger partial charge is 0.308 e. The zero-order chi connectivity index (χ0) is 7.11. The van der Waals surface area contributed by atoms with Crippen LogP contribution in [0.25, 0.3) is 0 Å². The van der Waals surface area contributed by atoms with Crippen molar-refractivity contribution in [3.63, 3.8) is 0 Å². The van der Waals surface area contributed by atoms with E-state index in [1.165, 1.54) is 0 Å². The van der Waals surface area contributed by atoms with E-state index in [-0.39, 0.29) is 0 Å². The van der Waals surface area contributed by atoms with Gasteiger partial charge in [-0.25, -0.2) is 9.98 Å². The molecule has 52 valence electrons. The lowest BCUT2D eigenvalue weighted by atomic mass is 10.6. The fraction of sp³-hybridized carbons (Fsp3) is 0.833. The van der Waals surface area contributed by atoms with E-state index in [9.17, 15) is 0 Å². The van der Waals surface area contributed by atoms with Crippen LogP contribution in [0.4, 0.5) is 0 Å². The van der Waals surface area contributed by atoms with Crippen LogP contribution < -0.4 is 0 Å². The summed E-state index contributed by atoms with van der Waals surface area (Å²) in [7, 11) is 5.69. The van der Waals surface area contributed by atoms with Crippen molar-refractivity contribution >= 4 is 6.01 Å². The summed E-state index contributed by atoms with van der Waals surface area (Å²) < 4.78 is 0. The molecule has 9 heavy (non-hydrogen) atoms. The van der Waals surface area contributed by atoms with Gasteiger partial charge in [-0.15, -0.1) is 0 Å². The second-order valence-electron chi connectivity index (χ2n) is 2.01. The van der Waals surface area contributed by atoms with Crippen molar-refractivity contribution in [1.82, 2.24) is 4.90 Å². The summed E-state index contributed by atoms with van der Waals surface area (Å²) >= 11 is 0. The maximum Gasteiger partial charge on any atom is 0.0890 e. The number of aliphatic imine (C=N–C) groups is 2. The van der Waals surface area contributed by atoms with Crippen molar-refractivity contribution in [2.75, 3.05) is 34.2 Å². The van der Waals surface area contributed by atoms with Crippen molar-refractivity contribution in [3.8, 4) is 0 Å². The highest BCUT2D eigenvalue weighted by Gasteiger charge is 1.83. The van der Waals surface area contributed by atoms with Crippen LogP contribution in [0.15, 0.2) is 9.98 Å².